The van der Waals surface area contributed by atoms with Gasteiger partial charge in [0.1, 0.15) is 18.1 Å². The van der Waals surface area contributed by atoms with Gasteiger partial charge in [-0.25, -0.2) is 0 Å². The normalized spacial score (nSPS) is 17.6. The van der Waals surface area contributed by atoms with Crippen LogP contribution in [0.15, 0.2) is 28.8 Å². The van der Waals surface area contributed by atoms with Crippen molar-refractivity contribution in [1.82, 2.24) is 10.5 Å². The lowest BCUT2D eigenvalue weighted by molar-refractivity contribution is 0.310. The molecule has 0 fully saturated rings. The van der Waals surface area contributed by atoms with E-state index in [1.807, 2.05) is 32.0 Å². The van der Waals surface area contributed by atoms with E-state index in [1.54, 1.807) is 0 Å². The van der Waals surface area contributed by atoms with E-state index in [9.17, 15) is 0 Å². The molecule has 1 aromatic heterocycles. The molecule has 1 N–H and O–H groups in total. The van der Waals surface area contributed by atoms with Crippen molar-refractivity contribution in [1.29, 1.82) is 0 Å². The Morgan fingerprint density at radius 3 is 2.94 bits per heavy atom. The van der Waals surface area contributed by atoms with E-state index in [0.717, 1.165) is 29.3 Å². The number of ether oxygens (including phenoxy) is 1. The Morgan fingerprint density at radius 2 is 2.17 bits per heavy atom. The molecule has 2 aromatic rings. The quantitative estimate of drug-likeness (QED) is 0.901. The van der Waals surface area contributed by atoms with E-state index < -0.39 is 0 Å². The molecule has 1 unspecified atom stereocenters. The number of fused-ring (bicyclic) bond motifs is 1. The highest BCUT2D eigenvalue weighted by Crippen LogP contribution is 2.31. The zero-order valence-corrected chi connectivity index (χ0v) is 10.6. The van der Waals surface area contributed by atoms with Gasteiger partial charge >= 0.3 is 0 Å². The molecule has 0 aliphatic carbocycles. The minimum absolute atomic E-state index is 0.245. The molecule has 4 nitrogen and oxygen atoms in total. The Hall–Kier alpha value is -1.81. The first kappa shape index (κ1) is 11.3. The van der Waals surface area contributed by atoms with Crippen LogP contribution in [0.4, 0.5) is 0 Å². The lowest BCUT2D eigenvalue weighted by Gasteiger charge is -2.11. The fourth-order valence-electron chi connectivity index (χ4n) is 2.31. The van der Waals surface area contributed by atoms with E-state index in [4.69, 9.17) is 9.26 Å². The average Bonchev–Trinajstić information content (AvgIpc) is 2.93. The molecule has 4 heteroatoms. The van der Waals surface area contributed by atoms with Crippen LogP contribution < -0.4 is 10.1 Å². The van der Waals surface area contributed by atoms with Gasteiger partial charge in [-0.2, -0.15) is 0 Å². The maximum Gasteiger partial charge on any atom is 0.138 e. The van der Waals surface area contributed by atoms with Crippen LogP contribution in [-0.4, -0.2) is 11.8 Å². The van der Waals surface area contributed by atoms with Gasteiger partial charge in [-0.3, -0.25) is 0 Å². The van der Waals surface area contributed by atoms with Crippen molar-refractivity contribution in [2.75, 3.05) is 6.61 Å². The predicted octanol–water partition coefficient (Wildman–Crippen LogP) is 2.51. The van der Waals surface area contributed by atoms with Gasteiger partial charge < -0.3 is 14.6 Å². The molecule has 94 valence electrons. The molecule has 0 amide bonds. The zero-order valence-electron chi connectivity index (χ0n) is 10.6. The van der Waals surface area contributed by atoms with Gasteiger partial charge in [0, 0.05) is 17.7 Å². The third-order valence-electron chi connectivity index (χ3n) is 3.41. The smallest absolute Gasteiger partial charge is 0.138 e. The molecular weight excluding hydrogens is 228 g/mol. The number of rotatable bonds is 3. The molecular formula is C14H16N2O2. The molecule has 1 aliphatic heterocycles. The number of benzene rings is 1. The third kappa shape index (κ3) is 1.88. The summed E-state index contributed by atoms with van der Waals surface area (Å²) in [6, 6.07) is 8.39. The largest absolute Gasteiger partial charge is 0.491 e. The van der Waals surface area contributed by atoms with Gasteiger partial charge in [0.2, 0.25) is 0 Å². The first-order valence-electron chi connectivity index (χ1n) is 6.12. The van der Waals surface area contributed by atoms with Crippen LogP contribution in [0.1, 0.15) is 28.6 Å². The highest BCUT2D eigenvalue weighted by molar-refractivity contribution is 5.39. The van der Waals surface area contributed by atoms with Crippen LogP contribution >= 0.6 is 0 Å². The van der Waals surface area contributed by atoms with Crippen molar-refractivity contribution >= 4 is 0 Å². The van der Waals surface area contributed by atoms with Crippen molar-refractivity contribution in [3.05, 3.63) is 46.8 Å². The summed E-state index contributed by atoms with van der Waals surface area (Å²) in [5.74, 6) is 1.86. The predicted molar refractivity (Wildman–Crippen MR) is 67.5 cm³/mol. The minimum Gasteiger partial charge on any atom is -0.491 e. The summed E-state index contributed by atoms with van der Waals surface area (Å²) in [6.45, 7) is 5.34. The molecule has 1 atom stereocenters. The second-order valence-corrected chi connectivity index (χ2v) is 4.59. The van der Waals surface area contributed by atoms with Gasteiger partial charge in [-0.15, -0.1) is 0 Å². The Labute approximate surface area is 106 Å². The fourth-order valence-corrected chi connectivity index (χ4v) is 2.31. The highest BCUT2D eigenvalue weighted by atomic mass is 16.5. The first-order chi connectivity index (χ1) is 8.75. The van der Waals surface area contributed by atoms with Crippen molar-refractivity contribution in [2.45, 2.75) is 26.4 Å². The Kier molecular flexibility index (Phi) is 2.80. The van der Waals surface area contributed by atoms with Crippen LogP contribution in [0.2, 0.25) is 0 Å². The lowest BCUT2D eigenvalue weighted by Crippen LogP contribution is -2.22. The lowest BCUT2D eigenvalue weighted by atomic mass is 10.1. The molecule has 18 heavy (non-hydrogen) atoms. The van der Waals surface area contributed by atoms with Gasteiger partial charge in [0.05, 0.1) is 11.7 Å². The summed E-state index contributed by atoms with van der Waals surface area (Å²) in [5.41, 5.74) is 3.32. The van der Waals surface area contributed by atoms with E-state index in [0.29, 0.717) is 6.61 Å². The average molecular weight is 244 g/mol. The fraction of sp³-hybridized carbons (Fsp3) is 0.357. The molecule has 1 aromatic carbocycles. The molecule has 0 saturated carbocycles. The van der Waals surface area contributed by atoms with Crippen LogP contribution in [0, 0.1) is 13.8 Å². The van der Waals surface area contributed by atoms with Crippen molar-refractivity contribution in [3.8, 4) is 5.75 Å². The van der Waals surface area contributed by atoms with Gasteiger partial charge in [0.15, 0.2) is 0 Å². The summed E-state index contributed by atoms with van der Waals surface area (Å²) in [6.07, 6.45) is 0. The second kappa shape index (κ2) is 4.46. The summed E-state index contributed by atoms with van der Waals surface area (Å²) in [4.78, 5) is 0. The topological polar surface area (TPSA) is 47.3 Å². The third-order valence-corrected chi connectivity index (χ3v) is 3.41. The van der Waals surface area contributed by atoms with E-state index in [1.165, 1.54) is 5.56 Å². The number of nitrogens with zero attached hydrogens (tertiary/aromatic N) is 1. The van der Waals surface area contributed by atoms with Crippen molar-refractivity contribution < 1.29 is 9.26 Å². The van der Waals surface area contributed by atoms with Crippen molar-refractivity contribution in [3.63, 3.8) is 0 Å². The van der Waals surface area contributed by atoms with Crippen LogP contribution in [0.5, 0.6) is 5.75 Å². The summed E-state index contributed by atoms with van der Waals surface area (Å²) < 4.78 is 10.8. The van der Waals surface area contributed by atoms with Crippen LogP contribution in [0.3, 0.4) is 0 Å². The maximum absolute atomic E-state index is 5.64. The number of aromatic nitrogens is 1. The first-order valence-corrected chi connectivity index (χ1v) is 6.12. The minimum atomic E-state index is 0.245. The molecule has 3 rings (SSSR count). The van der Waals surface area contributed by atoms with Crippen LogP contribution in [-0.2, 0) is 6.54 Å². The standard InChI is InChI=1S/C14H16N2O2/c1-9-12(10(2)18-16-9)7-15-13-8-17-14-6-4-3-5-11(13)14/h3-6,13,15H,7-8H2,1-2H3. The SMILES string of the molecule is Cc1noc(C)c1CNC1COc2ccccc21. The summed E-state index contributed by atoms with van der Waals surface area (Å²) >= 11 is 0. The summed E-state index contributed by atoms with van der Waals surface area (Å²) in [7, 11) is 0. The number of aryl methyl sites for hydroxylation is 2. The van der Waals surface area contributed by atoms with Gasteiger partial charge in [-0.05, 0) is 19.9 Å². The number of nitrogens with one attached hydrogen (secondary N) is 1. The van der Waals surface area contributed by atoms with E-state index >= 15 is 0 Å². The molecule has 0 bridgehead atoms. The zero-order chi connectivity index (χ0) is 12.5. The maximum atomic E-state index is 5.64. The molecule has 2 heterocycles. The number of hydrogen-bond donors (Lipinski definition) is 1. The molecule has 0 saturated heterocycles. The highest BCUT2D eigenvalue weighted by Gasteiger charge is 2.23. The molecule has 1 aliphatic rings. The Balaban J connectivity index is 1.72. The molecule has 0 spiro atoms. The number of para-hydroxylation sites is 1. The van der Waals surface area contributed by atoms with Gasteiger partial charge in [0.25, 0.3) is 0 Å². The number of hydrogen-bond acceptors (Lipinski definition) is 4. The molecule has 0 radical (unpaired) electrons. The monoisotopic (exact) mass is 244 g/mol. The van der Waals surface area contributed by atoms with Crippen molar-refractivity contribution in [2.24, 2.45) is 0 Å². The van der Waals surface area contributed by atoms with E-state index in [2.05, 4.69) is 16.5 Å². The Morgan fingerprint density at radius 1 is 1.33 bits per heavy atom. The second-order valence-electron chi connectivity index (χ2n) is 4.59. The summed E-state index contributed by atoms with van der Waals surface area (Å²) in [5, 5.41) is 7.46. The Bertz CT molecular complexity index is 543. The van der Waals surface area contributed by atoms with Crippen LogP contribution in [0.25, 0.3) is 0 Å². The van der Waals surface area contributed by atoms with Gasteiger partial charge in [-0.1, -0.05) is 23.4 Å². The van der Waals surface area contributed by atoms with E-state index in [-0.39, 0.29) is 6.04 Å².